The molecular weight excluding hydrogens is 240 g/mol. The lowest BCUT2D eigenvalue weighted by Crippen LogP contribution is -2.08. The molecule has 5 heteroatoms. The Labute approximate surface area is 105 Å². The number of alkyl halides is 2. The van der Waals surface area contributed by atoms with Gasteiger partial charge in [-0.25, -0.2) is 0 Å². The summed E-state index contributed by atoms with van der Waals surface area (Å²) >= 11 is 0. The third kappa shape index (κ3) is 4.33. The van der Waals surface area contributed by atoms with Crippen LogP contribution in [0.25, 0.3) is 6.08 Å². The van der Waals surface area contributed by atoms with Crippen molar-refractivity contribution in [3.63, 3.8) is 0 Å². The van der Waals surface area contributed by atoms with E-state index in [0.29, 0.717) is 5.75 Å². The molecule has 0 saturated heterocycles. The van der Waals surface area contributed by atoms with Gasteiger partial charge in [0.2, 0.25) is 0 Å². The van der Waals surface area contributed by atoms with E-state index in [9.17, 15) is 8.78 Å². The average Bonchev–Trinajstić information content (AvgIpc) is 2.30. The molecule has 0 aliphatic rings. The highest BCUT2D eigenvalue weighted by Crippen LogP contribution is 2.30. The van der Waals surface area contributed by atoms with Gasteiger partial charge in [0.25, 0.3) is 0 Å². The van der Waals surface area contributed by atoms with Crippen molar-refractivity contribution in [3.8, 4) is 11.5 Å². The molecule has 1 aromatic carbocycles. The van der Waals surface area contributed by atoms with Crippen molar-refractivity contribution < 1.29 is 18.3 Å². The van der Waals surface area contributed by atoms with Gasteiger partial charge in [-0.05, 0) is 31.7 Å². The quantitative estimate of drug-likeness (QED) is 0.850. The summed E-state index contributed by atoms with van der Waals surface area (Å²) < 4.78 is 33.7. The van der Waals surface area contributed by atoms with Gasteiger partial charge in [-0.2, -0.15) is 8.78 Å². The molecule has 1 aromatic rings. The fourth-order valence-electron chi connectivity index (χ4n) is 1.58. The van der Waals surface area contributed by atoms with E-state index >= 15 is 0 Å². The van der Waals surface area contributed by atoms with Crippen LogP contribution >= 0.6 is 0 Å². The maximum atomic E-state index is 12.1. The molecule has 3 nitrogen and oxygen atoms in total. The molecule has 0 aromatic heterocycles. The molecule has 0 radical (unpaired) electrons. The summed E-state index contributed by atoms with van der Waals surface area (Å²) in [5.74, 6) is 0.331. The predicted molar refractivity (Wildman–Crippen MR) is 67.2 cm³/mol. The number of methoxy groups -OCH3 is 1. The molecule has 0 fully saturated rings. The minimum atomic E-state index is -2.86. The molecule has 0 atom stereocenters. The van der Waals surface area contributed by atoms with Gasteiger partial charge in [-0.3, -0.25) is 0 Å². The van der Waals surface area contributed by atoms with Crippen LogP contribution in [-0.2, 0) is 0 Å². The number of halogens is 2. The largest absolute Gasteiger partial charge is 0.493 e. The van der Waals surface area contributed by atoms with Crippen LogP contribution in [0.3, 0.4) is 0 Å². The Kier molecular flexibility index (Phi) is 5.58. The van der Waals surface area contributed by atoms with Crippen molar-refractivity contribution in [2.75, 3.05) is 20.7 Å². The van der Waals surface area contributed by atoms with Crippen molar-refractivity contribution in [1.82, 2.24) is 5.32 Å². The maximum Gasteiger partial charge on any atom is 0.387 e. The molecule has 0 unspecified atom stereocenters. The summed E-state index contributed by atoms with van der Waals surface area (Å²) in [7, 11) is 3.28. The second kappa shape index (κ2) is 6.96. The number of likely N-dealkylation sites (N-methyl/N-ethyl adjacent to an activating group) is 1. The highest BCUT2D eigenvalue weighted by Gasteiger charge is 2.10. The van der Waals surface area contributed by atoms with Gasteiger partial charge in [-0.15, -0.1) is 0 Å². The third-order valence-corrected chi connectivity index (χ3v) is 2.27. The summed E-state index contributed by atoms with van der Waals surface area (Å²) in [4.78, 5) is 0. The predicted octanol–water partition coefficient (Wildman–Crippen LogP) is 2.92. The van der Waals surface area contributed by atoms with Crippen LogP contribution in [0.1, 0.15) is 12.5 Å². The van der Waals surface area contributed by atoms with Crippen LogP contribution < -0.4 is 14.8 Å². The van der Waals surface area contributed by atoms with E-state index in [1.807, 2.05) is 20.0 Å². The smallest absolute Gasteiger partial charge is 0.387 e. The van der Waals surface area contributed by atoms with Gasteiger partial charge in [0, 0.05) is 6.54 Å². The number of benzene rings is 1. The number of hydrogen-bond acceptors (Lipinski definition) is 3. The molecule has 0 aliphatic heterocycles. The molecule has 1 N–H and O–H groups in total. The first-order valence-corrected chi connectivity index (χ1v) is 5.51. The fraction of sp³-hybridized carbons (Fsp3) is 0.385. The van der Waals surface area contributed by atoms with Crippen molar-refractivity contribution in [1.29, 1.82) is 0 Å². The van der Waals surface area contributed by atoms with E-state index < -0.39 is 6.61 Å². The third-order valence-electron chi connectivity index (χ3n) is 2.27. The first-order valence-electron chi connectivity index (χ1n) is 5.51. The summed E-state index contributed by atoms with van der Waals surface area (Å²) in [6.07, 6.45) is 1.95. The highest BCUT2D eigenvalue weighted by molar-refractivity contribution is 5.58. The Hall–Kier alpha value is -1.62. The van der Waals surface area contributed by atoms with E-state index in [1.165, 1.54) is 13.2 Å². The lowest BCUT2D eigenvalue weighted by atomic mass is 10.1. The Morgan fingerprint density at radius 1 is 1.39 bits per heavy atom. The fourth-order valence-corrected chi connectivity index (χ4v) is 1.58. The normalized spacial score (nSPS) is 11.8. The minimum absolute atomic E-state index is 0.0379. The molecule has 100 valence electrons. The minimum Gasteiger partial charge on any atom is -0.493 e. The van der Waals surface area contributed by atoms with Gasteiger partial charge in [0.05, 0.1) is 7.11 Å². The summed E-state index contributed by atoms with van der Waals surface area (Å²) in [5, 5.41) is 3.03. The van der Waals surface area contributed by atoms with Gasteiger partial charge >= 0.3 is 6.61 Å². The van der Waals surface area contributed by atoms with E-state index in [1.54, 1.807) is 12.1 Å². The second-order valence-corrected chi connectivity index (χ2v) is 3.81. The molecule has 0 spiro atoms. The lowest BCUT2D eigenvalue weighted by molar-refractivity contribution is -0.0512. The zero-order valence-corrected chi connectivity index (χ0v) is 10.7. The Bertz CT molecular complexity index is 419. The number of nitrogens with one attached hydrogen (secondary N) is 1. The average molecular weight is 257 g/mol. The SMILES string of the molecule is CNCC(C)=Cc1ccc(OC(F)F)c(OC)c1. The van der Waals surface area contributed by atoms with E-state index in [4.69, 9.17) is 4.74 Å². The van der Waals surface area contributed by atoms with Crippen molar-refractivity contribution in [2.45, 2.75) is 13.5 Å². The molecule has 1 rings (SSSR count). The second-order valence-electron chi connectivity index (χ2n) is 3.81. The molecule has 0 bridgehead atoms. The van der Waals surface area contributed by atoms with Crippen LogP contribution in [0.5, 0.6) is 11.5 Å². The van der Waals surface area contributed by atoms with E-state index in [2.05, 4.69) is 10.1 Å². The first-order chi connectivity index (χ1) is 8.56. The summed E-state index contributed by atoms with van der Waals surface area (Å²) in [6.45, 7) is -0.115. The van der Waals surface area contributed by atoms with Gasteiger partial charge in [0.1, 0.15) is 0 Å². The lowest BCUT2D eigenvalue weighted by Gasteiger charge is -2.10. The Balaban J connectivity index is 2.94. The van der Waals surface area contributed by atoms with Crippen LogP contribution in [0.4, 0.5) is 8.78 Å². The molecule has 0 saturated carbocycles. The van der Waals surface area contributed by atoms with Gasteiger partial charge in [0.15, 0.2) is 11.5 Å². The highest BCUT2D eigenvalue weighted by atomic mass is 19.3. The zero-order valence-electron chi connectivity index (χ0n) is 10.7. The number of rotatable bonds is 6. The van der Waals surface area contributed by atoms with Gasteiger partial charge < -0.3 is 14.8 Å². The maximum absolute atomic E-state index is 12.1. The molecule has 18 heavy (non-hydrogen) atoms. The Morgan fingerprint density at radius 2 is 2.11 bits per heavy atom. The Morgan fingerprint density at radius 3 is 2.67 bits per heavy atom. The first kappa shape index (κ1) is 14.4. The molecule has 0 heterocycles. The van der Waals surface area contributed by atoms with Gasteiger partial charge in [-0.1, -0.05) is 17.7 Å². The van der Waals surface area contributed by atoms with Crippen molar-refractivity contribution >= 4 is 6.08 Å². The molecule has 0 aliphatic carbocycles. The molecular formula is C13H17F2NO2. The number of ether oxygens (including phenoxy) is 2. The summed E-state index contributed by atoms with van der Waals surface area (Å²) in [6, 6.07) is 4.85. The zero-order chi connectivity index (χ0) is 13.5. The van der Waals surface area contributed by atoms with Crippen LogP contribution in [0.15, 0.2) is 23.8 Å². The van der Waals surface area contributed by atoms with Crippen molar-refractivity contribution in [2.24, 2.45) is 0 Å². The monoisotopic (exact) mass is 257 g/mol. The van der Waals surface area contributed by atoms with Crippen LogP contribution in [-0.4, -0.2) is 27.3 Å². The van der Waals surface area contributed by atoms with Crippen molar-refractivity contribution in [3.05, 3.63) is 29.3 Å². The van der Waals surface area contributed by atoms with Crippen LogP contribution in [0.2, 0.25) is 0 Å². The summed E-state index contributed by atoms with van der Waals surface area (Å²) in [5.41, 5.74) is 2.00. The topological polar surface area (TPSA) is 30.5 Å². The standard InChI is InChI=1S/C13H17F2NO2/c1-9(8-16-2)6-10-4-5-11(18-13(14)15)12(7-10)17-3/h4-7,13,16H,8H2,1-3H3. The number of hydrogen-bond donors (Lipinski definition) is 1. The molecule has 0 amide bonds. The van der Waals surface area contributed by atoms with E-state index in [-0.39, 0.29) is 5.75 Å². The van der Waals surface area contributed by atoms with E-state index in [0.717, 1.165) is 17.7 Å². The van der Waals surface area contributed by atoms with Crippen LogP contribution in [0, 0.1) is 0 Å².